The number of aliphatic hydroxyl groups excluding tert-OH is 1. The quantitative estimate of drug-likeness (QED) is 0.551. The second-order valence-corrected chi connectivity index (χ2v) is 3.38. The number of rotatable bonds is 3. The third-order valence-electron chi connectivity index (χ3n) is 2.07. The SMILES string of the molecule is CC(N)(CO)c1ccc([N+](=O)[O-])cc1. The monoisotopic (exact) mass is 196 g/mol. The van der Waals surface area contributed by atoms with Crippen molar-refractivity contribution >= 4 is 5.69 Å². The summed E-state index contributed by atoms with van der Waals surface area (Å²) in [6.07, 6.45) is 0. The smallest absolute Gasteiger partial charge is 0.269 e. The minimum absolute atomic E-state index is 0.0162. The molecule has 0 radical (unpaired) electrons. The van der Waals surface area contributed by atoms with Crippen LogP contribution in [0.5, 0.6) is 0 Å². The maximum atomic E-state index is 10.4. The lowest BCUT2D eigenvalue weighted by Gasteiger charge is -2.21. The second kappa shape index (κ2) is 3.73. The van der Waals surface area contributed by atoms with E-state index in [0.29, 0.717) is 5.56 Å². The molecule has 76 valence electrons. The number of nitrogens with zero attached hydrogens (tertiary/aromatic N) is 1. The Balaban J connectivity index is 2.99. The first-order valence-corrected chi connectivity index (χ1v) is 4.12. The van der Waals surface area contributed by atoms with E-state index < -0.39 is 10.5 Å². The Morgan fingerprint density at radius 1 is 1.50 bits per heavy atom. The standard InChI is InChI=1S/C9H12N2O3/c1-9(10,6-12)7-2-4-8(5-3-7)11(13)14/h2-5,12H,6,10H2,1H3. The highest BCUT2D eigenvalue weighted by molar-refractivity contribution is 5.35. The molecule has 5 nitrogen and oxygen atoms in total. The highest BCUT2D eigenvalue weighted by Crippen LogP contribution is 2.20. The van der Waals surface area contributed by atoms with Crippen molar-refractivity contribution in [2.45, 2.75) is 12.5 Å². The molecule has 14 heavy (non-hydrogen) atoms. The fourth-order valence-electron chi connectivity index (χ4n) is 1.06. The molecule has 0 aliphatic heterocycles. The average Bonchev–Trinajstić information content (AvgIpc) is 2.18. The topological polar surface area (TPSA) is 89.4 Å². The molecule has 1 aromatic carbocycles. The van der Waals surface area contributed by atoms with Gasteiger partial charge < -0.3 is 10.8 Å². The normalized spacial score (nSPS) is 14.8. The Hall–Kier alpha value is -1.46. The third kappa shape index (κ3) is 2.07. The molecule has 1 atom stereocenters. The summed E-state index contributed by atoms with van der Waals surface area (Å²) < 4.78 is 0. The molecule has 0 amide bonds. The van der Waals surface area contributed by atoms with Crippen LogP contribution < -0.4 is 5.73 Å². The summed E-state index contributed by atoms with van der Waals surface area (Å²) in [5.74, 6) is 0. The number of aliphatic hydroxyl groups is 1. The lowest BCUT2D eigenvalue weighted by Crippen LogP contribution is -2.36. The van der Waals surface area contributed by atoms with Crippen LogP contribution >= 0.6 is 0 Å². The molecule has 0 aliphatic carbocycles. The van der Waals surface area contributed by atoms with Crippen molar-refractivity contribution < 1.29 is 10.0 Å². The summed E-state index contributed by atoms with van der Waals surface area (Å²) in [4.78, 5) is 9.88. The number of nitrogens with two attached hydrogens (primary N) is 1. The van der Waals surface area contributed by atoms with Crippen molar-refractivity contribution in [3.63, 3.8) is 0 Å². The van der Waals surface area contributed by atoms with Crippen molar-refractivity contribution in [3.05, 3.63) is 39.9 Å². The number of hydrogen-bond donors (Lipinski definition) is 2. The minimum Gasteiger partial charge on any atom is -0.394 e. The van der Waals surface area contributed by atoms with Crippen LogP contribution in [0.4, 0.5) is 5.69 Å². The molecule has 0 bridgehead atoms. The largest absolute Gasteiger partial charge is 0.394 e. The number of benzene rings is 1. The highest BCUT2D eigenvalue weighted by atomic mass is 16.6. The van der Waals surface area contributed by atoms with Crippen LogP contribution in [-0.2, 0) is 5.54 Å². The van der Waals surface area contributed by atoms with E-state index in [2.05, 4.69) is 0 Å². The van der Waals surface area contributed by atoms with Gasteiger partial charge in [-0.1, -0.05) is 12.1 Å². The first kappa shape index (κ1) is 10.6. The van der Waals surface area contributed by atoms with E-state index in [1.807, 2.05) is 0 Å². The summed E-state index contributed by atoms with van der Waals surface area (Å²) in [5.41, 5.74) is 5.58. The first-order valence-electron chi connectivity index (χ1n) is 4.12. The zero-order valence-electron chi connectivity index (χ0n) is 7.80. The average molecular weight is 196 g/mol. The Labute approximate surface area is 81.3 Å². The molecule has 0 spiro atoms. The lowest BCUT2D eigenvalue weighted by atomic mass is 9.94. The molecule has 0 fully saturated rings. The van der Waals surface area contributed by atoms with Crippen LogP contribution in [0.15, 0.2) is 24.3 Å². The van der Waals surface area contributed by atoms with E-state index in [1.54, 1.807) is 19.1 Å². The van der Waals surface area contributed by atoms with Gasteiger partial charge in [0, 0.05) is 12.1 Å². The van der Waals surface area contributed by atoms with Crippen LogP contribution in [0, 0.1) is 10.1 Å². The molecular formula is C9H12N2O3. The van der Waals surface area contributed by atoms with Gasteiger partial charge in [0.15, 0.2) is 0 Å². The van der Waals surface area contributed by atoms with Gasteiger partial charge in [-0.3, -0.25) is 10.1 Å². The van der Waals surface area contributed by atoms with Gasteiger partial charge in [0.25, 0.3) is 5.69 Å². The highest BCUT2D eigenvalue weighted by Gasteiger charge is 2.20. The van der Waals surface area contributed by atoms with Gasteiger partial charge in [-0.25, -0.2) is 0 Å². The molecule has 0 aromatic heterocycles. The number of hydrogen-bond acceptors (Lipinski definition) is 4. The van der Waals surface area contributed by atoms with Gasteiger partial charge >= 0.3 is 0 Å². The number of nitro groups is 1. The lowest BCUT2D eigenvalue weighted by molar-refractivity contribution is -0.384. The molecule has 1 aromatic rings. The van der Waals surface area contributed by atoms with E-state index in [0.717, 1.165) is 0 Å². The molecule has 1 unspecified atom stereocenters. The molecule has 1 rings (SSSR count). The van der Waals surface area contributed by atoms with Gasteiger partial charge in [0.05, 0.1) is 17.1 Å². The molecule has 0 aliphatic rings. The molecule has 0 heterocycles. The van der Waals surface area contributed by atoms with E-state index in [-0.39, 0.29) is 12.3 Å². The van der Waals surface area contributed by atoms with Crippen molar-refractivity contribution in [1.82, 2.24) is 0 Å². The van der Waals surface area contributed by atoms with Gasteiger partial charge in [0.2, 0.25) is 0 Å². The maximum absolute atomic E-state index is 10.4. The van der Waals surface area contributed by atoms with Crippen LogP contribution in [0.3, 0.4) is 0 Å². The van der Waals surface area contributed by atoms with Gasteiger partial charge in [-0.15, -0.1) is 0 Å². The minimum atomic E-state index is -0.852. The molecule has 5 heteroatoms. The molecule has 0 saturated carbocycles. The zero-order chi connectivity index (χ0) is 10.8. The van der Waals surface area contributed by atoms with Crippen LogP contribution in [0.2, 0.25) is 0 Å². The molecule has 0 saturated heterocycles. The van der Waals surface area contributed by atoms with E-state index in [4.69, 9.17) is 10.8 Å². The van der Waals surface area contributed by atoms with Crippen molar-refractivity contribution in [2.24, 2.45) is 5.73 Å². The third-order valence-corrected chi connectivity index (χ3v) is 2.07. The zero-order valence-corrected chi connectivity index (χ0v) is 7.80. The fraction of sp³-hybridized carbons (Fsp3) is 0.333. The van der Waals surface area contributed by atoms with Crippen LogP contribution in [0.1, 0.15) is 12.5 Å². The summed E-state index contributed by atoms with van der Waals surface area (Å²) in [6, 6.07) is 5.84. The predicted octanol–water partition coefficient (Wildman–Crippen LogP) is 0.761. The maximum Gasteiger partial charge on any atom is 0.269 e. The summed E-state index contributed by atoms with van der Waals surface area (Å²) >= 11 is 0. The summed E-state index contributed by atoms with van der Waals surface area (Å²) in [6.45, 7) is 1.46. The van der Waals surface area contributed by atoms with E-state index in [1.165, 1.54) is 12.1 Å². The van der Waals surface area contributed by atoms with E-state index in [9.17, 15) is 10.1 Å². The fourth-order valence-corrected chi connectivity index (χ4v) is 1.06. The Kier molecular flexibility index (Phi) is 2.83. The molecular weight excluding hydrogens is 184 g/mol. The predicted molar refractivity (Wildman–Crippen MR) is 51.7 cm³/mol. The molecule has 3 N–H and O–H groups in total. The van der Waals surface area contributed by atoms with Gasteiger partial charge in [0.1, 0.15) is 0 Å². The van der Waals surface area contributed by atoms with Crippen LogP contribution in [-0.4, -0.2) is 16.6 Å². The Morgan fingerprint density at radius 2 is 2.00 bits per heavy atom. The summed E-state index contributed by atoms with van der Waals surface area (Å²) in [7, 11) is 0. The van der Waals surface area contributed by atoms with Crippen molar-refractivity contribution in [2.75, 3.05) is 6.61 Å². The Bertz CT molecular complexity index is 332. The second-order valence-electron chi connectivity index (χ2n) is 3.38. The summed E-state index contributed by atoms with van der Waals surface area (Å²) in [5, 5.41) is 19.3. The van der Waals surface area contributed by atoms with Gasteiger partial charge in [-0.2, -0.15) is 0 Å². The van der Waals surface area contributed by atoms with E-state index >= 15 is 0 Å². The number of non-ortho nitro benzene ring substituents is 1. The Morgan fingerprint density at radius 3 is 2.36 bits per heavy atom. The van der Waals surface area contributed by atoms with Crippen molar-refractivity contribution in [3.8, 4) is 0 Å². The number of nitro benzene ring substituents is 1. The van der Waals surface area contributed by atoms with Crippen molar-refractivity contribution in [1.29, 1.82) is 0 Å². The van der Waals surface area contributed by atoms with Gasteiger partial charge in [-0.05, 0) is 12.5 Å². The first-order chi connectivity index (χ1) is 6.47. The van der Waals surface area contributed by atoms with Crippen LogP contribution in [0.25, 0.3) is 0 Å².